The van der Waals surface area contributed by atoms with E-state index in [-0.39, 0.29) is 0 Å². The molecule has 0 spiro atoms. The maximum absolute atomic E-state index is 2.38. The number of benzene rings is 1. The van der Waals surface area contributed by atoms with E-state index >= 15 is 0 Å². The number of hydrogen-bond acceptors (Lipinski definition) is 0. The minimum absolute atomic E-state index is 0.817. The predicted octanol–water partition coefficient (Wildman–Crippen LogP) is 5.64. The van der Waals surface area contributed by atoms with E-state index in [0.717, 1.165) is 11.8 Å². The van der Waals surface area contributed by atoms with Crippen molar-refractivity contribution in [1.82, 2.24) is 0 Å². The summed E-state index contributed by atoms with van der Waals surface area (Å²) in [6.45, 7) is 9.34. The fourth-order valence-electron chi connectivity index (χ4n) is 2.90. The molecule has 0 amide bonds. The van der Waals surface area contributed by atoms with E-state index in [0.29, 0.717) is 0 Å². The second-order valence-electron chi connectivity index (χ2n) is 5.96. The molecule has 0 aliphatic heterocycles. The van der Waals surface area contributed by atoms with Crippen molar-refractivity contribution in [1.29, 1.82) is 0 Å². The molecule has 2 atom stereocenters. The molecule has 0 nitrogen and oxygen atoms in total. The Labute approximate surface area is 114 Å². The lowest BCUT2D eigenvalue weighted by molar-refractivity contribution is 0.503. The summed E-state index contributed by atoms with van der Waals surface area (Å²) in [7, 11) is 0. The Morgan fingerprint density at radius 2 is 1.17 bits per heavy atom. The van der Waals surface area contributed by atoms with Gasteiger partial charge in [0.1, 0.15) is 0 Å². The quantitative estimate of drug-likeness (QED) is 0.556. The smallest absolute Gasteiger partial charge is 0.0250 e. The van der Waals surface area contributed by atoms with Crippen LogP contribution < -0.4 is 0 Å². The molecule has 1 aromatic rings. The summed E-state index contributed by atoms with van der Waals surface area (Å²) in [4.78, 5) is 0. The molecule has 0 saturated carbocycles. The molecule has 0 fully saturated rings. The van der Waals surface area contributed by atoms with Gasteiger partial charge in [-0.2, -0.15) is 0 Å². The first-order valence-electron chi connectivity index (χ1n) is 7.74. The highest BCUT2D eigenvalue weighted by Gasteiger charge is 2.09. The lowest BCUT2D eigenvalue weighted by atomic mass is 9.89. The van der Waals surface area contributed by atoms with Gasteiger partial charge < -0.3 is 0 Å². The molecule has 102 valence electrons. The second kappa shape index (κ2) is 8.34. The highest BCUT2D eigenvalue weighted by atomic mass is 14.1. The van der Waals surface area contributed by atoms with Crippen LogP contribution in [0.4, 0.5) is 0 Å². The van der Waals surface area contributed by atoms with E-state index in [9.17, 15) is 0 Å². The van der Waals surface area contributed by atoms with Gasteiger partial charge in [-0.15, -0.1) is 0 Å². The summed E-state index contributed by atoms with van der Waals surface area (Å²) in [6, 6.07) is 9.06. The minimum atomic E-state index is 0.817. The molecule has 0 saturated heterocycles. The second-order valence-corrected chi connectivity index (χ2v) is 5.96. The maximum Gasteiger partial charge on any atom is -0.0250 e. The highest BCUT2D eigenvalue weighted by molar-refractivity contribution is 5.28. The van der Waals surface area contributed by atoms with Crippen LogP contribution in [0.5, 0.6) is 0 Å². The van der Waals surface area contributed by atoms with Crippen molar-refractivity contribution in [2.45, 2.75) is 66.2 Å². The molecule has 0 N–H and O–H groups in total. The van der Waals surface area contributed by atoms with E-state index in [1.165, 1.54) is 38.5 Å². The SMILES string of the molecule is CCCC(C)Cc1ccccc1CC(C)CCC. The molecule has 0 radical (unpaired) electrons. The van der Waals surface area contributed by atoms with Crippen molar-refractivity contribution in [3.8, 4) is 0 Å². The van der Waals surface area contributed by atoms with Crippen LogP contribution in [-0.4, -0.2) is 0 Å². The third kappa shape index (κ3) is 5.25. The van der Waals surface area contributed by atoms with Gasteiger partial charge in [-0.25, -0.2) is 0 Å². The Kier molecular flexibility index (Phi) is 7.08. The first kappa shape index (κ1) is 15.3. The summed E-state index contributed by atoms with van der Waals surface area (Å²) in [5.41, 5.74) is 3.17. The van der Waals surface area contributed by atoms with Crippen LogP contribution in [0.1, 0.15) is 64.5 Å². The average Bonchev–Trinajstić information content (AvgIpc) is 2.32. The molecule has 0 aromatic heterocycles. The van der Waals surface area contributed by atoms with Crippen LogP contribution in [0.25, 0.3) is 0 Å². The molecular formula is C18H30. The van der Waals surface area contributed by atoms with Crippen LogP contribution in [0.15, 0.2) is 24.3 Å². The van der Waals surface area contributed by atoms with Gasteiger partial charge in [0, 0.05) is 0 Å². The number of hydrogen-bond donors (Lipinski definition) is 0. The van der Waals surface area contributed by atoms with Gasteiger partial charge in [-0.1, -0.05) is 77.6 Å². The van der Waals surface area contributed by atoms with Crippen molar-refractivity contribution in [3.05, 3.63) is 35.4 Å². The topological polar surface area (TPSA) is 0 Å². The number of rotatable bonds is 8. The van der Waals surface area contributed by atoms with Crippen molar-refractivity contribution in [2.75, 3.05) is 0 Å². The third-order valence-corrected chi connectivity index (χ3v) is 3.82. The normalized spacial score (nSPS) is 14.4. The summed E-state index contributed by atoms with van der Waals surface area (Å²) < 4.78 is 0. The largest absolute Gasteiger partial charge is 0.0654 e. The van der Waals surface area contributed by atoms with E-state index in [1.54, 1.807) is 11.1 Å². The zero-order valence-corrected chi connectivity index (χ0v) is 12.7. The molecule has 0 aliphatic rings. The van der Waals surface area contributed by atoms with Gasteiger partial charge in [0.15, 0.2) is 0 Å². The van der Waals surface area contributed by atoms with Gasteiger partial charge >= 0.3 is 0 Å². The van der Waals surface area contributed by atoms with Gasteiger partial charge in [0.2, 0.25) is 0 Å². The zero-order valence-electron chi connectivity index (χ0n) is 12.7. The van der Waals surface area contributed by atoms with Gasteiger partial charge in [-0.05, 0) is 35.8 Å². The van der Waals surface area contributed by atoms with E-state index in [1.807, 2.05) is 0 Å². The summed E-state index contributed by atoms with van der Waals surface area (Å²) in [5, 5.41) is 0. The summed E-state index contributed by atoms with van der Waals surface area (Å²) in [6.07, 6.45) is 7.80. The maximum atomic E-state index is 2.38. The first-order chi connectivity index (χ1) is 8.67. The Morgan fingerprint density at radius 3 is 1.50 bits per heavy atom. The lowest BCUT2D eigenvalue weighted by Crippen LogP contribution is -2.06. The van der Waals surface area contributed by atoms with Gasteiger partial charge in [0.25, 0.3) is 0 Å². The van der Waals surface area contributed by atoms with Crippen LogP contribution in [0.3, 0.4) is 0 Å². The molecule has 1 aromatic carbocycles. The van der Waals surface area contributed by atoms with Crippen LogP contribution in [0.2, 0.25) is 0 Å². The average molecular weight is 246 g/mol. The fraction of sp³-hybridized carbons (Fsp3) is 0.667. The fourth-order valence-corrected chi connectivity index (χ4v) is 2.90. The first-order valence-corrected chi connectivity index (χ1v) is 7.74. The Morgan fingerprint density at radius 1 is 0.778 bits per heavy atom. The molecule has 0 heteroatoms. The predicted molar refractivity (Wildman–Crippen MR) is 82.0 cm³/mol. The molecule has 1 rings (SSSR count). The van der Waals surface area contributed by atoms with Crippen LogP contribution in [-0.2, 0) is 12.8 Å². The van der Waals surface area contributed by atoms with Crippen LogP contribution >= 0.6 is 0 Å². The highest BCUT2D eigenvalue weighted by Crippen LogP contribution is 2.21. The zero-order chi connectivity index (χ0) is 13.4. The van der Waals surface area contributed by atoms with E-state index in [4.69, 9.17) is 0 Å². The Bertz CT molecular complexity index is 294. The monoisotopic (exact) mass is 246 g/mol. The standard InChI is InChI=1S/C18H30/c1-5-9-15(3)13-17-11-7-8-12-18(17)14-16(4)10-6-2/h7-8,11-12,15-16H,5-6,9-10,13-14H2,1-4H3. The summed E-state index contributed by atoms with van der Waals surface area (Å²) >= 11 is 0. The third-order valence-electron chi connectivity index (χ3n) is 3.82. The van der Waals surface area contributed by atoms with Gasteiger partial charge in [0.05, 0.1) is 0 Å². The van der Waals surface area contributed by atoms with Crippen LogP contribution in [0, 0.1) is 11.8 Å². The molecule has 0 aliphatic carbocycles. The van der Waals surface area contributed by atoms with Gasteiger partial charge in [-0.3, -0.25) is 0 Å². The minimum Gasteiger partial charge on any atom is -0.0654 e. The Hall–Kier alpha value is -0.780. The van der Waals surface area contributed by atoms with Crippen molar-refractivity contribution >= 4 is 0 Å². The molecular weight excluding hydrogens is 216 g/mol. The van der Waals surface area contributed by atoms with Crippen molar-refractivity contribution < 1.29 is 0 Å². The molecule has 0 heterocycles. The van der Waals surface area contributed by atoms with E-state index < -0.39 is 0 Å². The molecule has 2 unspecified atom stereocenters. The summed E-state index contributed by atoms with van der Waals surface area (Å²) in [5.74, 6) is 1.63. The van der Waals surface area contributed by atoms with Crippen molar-refractivity contribution in [2.24, 2.45) is 11.8 Å². The lowest BCUT2D eigenvalue weighted by Gasteiger charge is -2.17. The Balaban J connectivity index is 2.66. The molecule has 18 heavy (non-hydrogen) atoms. The van der Waals surface area contributed by atoms with E-state index in [2.05, 4.69) is 52.0 Å². The molecule has 0 bridgehead atoms. The van der Waals surface area contributed by atoms with Crippen molar-refractivity contribution in [3.63, 3.8) is 0 Å².